The quantitative estimate of drug-likeness (QED) is 0.539. The number of hydrogen-bond donors (Lipinski definition) is 3. The van der Waals surface area contributed by atoms with E-state index < -0.39 is 35.9 Å². The van der Waals surface area contributed by atoms with Gasteiger partial charge in [-0.05, 0) is 38.4 Å². The molecule has 3 heterocycles. The highest BCUT2D eigenvalue weighted by atomic mass is 19.4. The standard InChI is InChI=1S/C19H22N4O4.C2HF3O2/c1-20-11-7-9-22(10-8-11)13-4-2-3-12-16(13)19(27)23(18(12)26)14-5-6-15(24)21-17(14)25;3-2(4,5)1(6)7/h2-4,11,14,20H,5-10H2,1H3,(H,21,24,25);(H,6,7). The van der Waals surface area contributed by atoms with Crippen LogP contribution in [0.4, 0.5) is 18.9 Å². The molecule has 4 rings (SSSR count). The number of carboxylic acids is 1. The SMILES string of the molecule is CNC1CCN(c2cccc3c2C(=O)N(C2CCC(=O)NC2=O)C3=O)CC1.O=C(O)C(F)(F)F. The highest BCUT2D eigenvalue weighted by Crippen LogP contribution is 2.35. The fourth-order valence-electron chi connectivity index (χ4n) is 4.17. The second-order valence-corrected chi connectivity index (χ2v) is 8.00. The van der Waals surface area contributed by atoms with Crippen molar-refractivity contribution in [3.63, 3.8) is 0 Å². The summed E-state index contributed by atoms with van der Waals surface area (Å²) in [5.41, 5.74) is 1.45. The van der Waals surface area contributed by atoms with Crippen molar-refractivity contribution in [3.05, 3.63) is 29.3 Å². The molecule has 0 saturated carbocycles. The molecule has 1 aromatic rings. The summed E-state index contributed by atoms with van der Waals surface area (Å²) in [5, 5.41) is 12.6. The summed E-state index contributed by atoms with van der Waals surface area (Å²) >= 11 is 0. The zero-order valence-corrected chi connectivity index (χ0v) is 18.1. The van der Waals surface area contributed by atoms with Gasteiger partial charge in [0.1, 0.15) is 6.04 Å². The molecule has 0 radical (unpaired) electrons. The van der Waals surface area contributed by atoms with E-state index in [-0.39, 0.29) is 18.7 Å². The lowest BCUT2D eigenvalue weighted by molar-refractivity contribution is -0.192. The number of piperidine rings is 2. The zero-order chi connectivity index (χ0) is 25.2. The van der Waals surface area contributed by atoms with Crippen LogP contribution in [0, 0.1) is 0 Å². The van der Waals surface area contributed by atoms with Crippen molar-refractivity contribution >= 4 is 35.3 Å². The van der Waals surface area contributed by atoms with E-state index >= 15 is 0 Å². The van der Waals surface area contributed by atoms with E-state index in [1.807, 2.05) is 13.1 Å². The maximum atomic E-state index is 13.1. The molecule has 2 fully saturated rings. The maximum absolute atomic E-state index is 13.1. The van der Waals surface area contributed by atoms with Crippen molar-refractivity contribution in [2.45, 2.75) is 43.9 Å². The molecule has 0 spiro atoms. The van der Waals surface area contributed by atoms with E-state index in [1.54, 1.807) is 12.1 Å². The van der Waals surface area contributed by atoms with Crippen LogP contribution in [-0.2, 0) is 14.4 Å². The number of carbonyl (C=O) groups is 5. The van der Waals surface area contributed by atoms with E-state index in [4.69, 9.17) is 9.90 Å². The zero-order valence-electron chi connectivity index (χ0n) is 18.1. The van der Waals surface area contributed by atoms with Crippen molar-refractivity contribution in [2.75, 3.05) is 25.0 Å². The largest absolute Gasteiger partial charge is 0.490 e. The van der Waals surface area contributed by atoms with Crippen LogP contribution in [0.25, 0.3) is 0 Å². The lowest BCUT2D eigenvalue weighted by atomic mass is 10.0. The molecular weight excluding hydrogens is 461 g/mol. The van der Waals surface area contributed by atoms with Crippen molar-refractivity contribution in [1.82, 2.24) is 15.5 Å². The molecule has 0 aromatic heterocycles. The van der Waals surface area contributed by atoms with Gasteiger partial charge in [-0.1, -0.05) is 6.07 Å². The Balaban J connectivity index is 0.000000406. The summed E-state index contributed by atoms with van der Waals surface area (Å²) in [7, 11) is 1.95. The summed E-state index contributed by atoms with van der Waals surface area (Å²) in [5.74, 6) is -4.63. The molecule has 184 valence electrons. The number of imide groups is 2. The van der Waals surface area contributed by atoms with Gasteiger partial charge in [0, 0.05) is 25.6 Å². The minimum absolute atomic E-state index is 0.119. The topological polar surface area (TPSA) is 136 Å². The van der Waals surface area contributed by atoms with Crippen molar-refractivity contribution < 1.29 is 42.3 Å². The molecule has 1 aromatic carbocycles. The van der Waals surface area contributed by atoms with E-state index in [2.05, 4.69) is 15.5 Å². The molecule has 1 atom stereocenters. The van der Waals surface area contributed by atoms with Gasteiger partial charge in [-0.25, -0.2) is 4.79 Å². The molecular formula is C21H23F3N4O6. The van der Waals surface area contributed by atoms with Crippen LogP contribution in [0.15, 0.2) is 18.2 Å². The van der Waals surface area contributed by atoms with Gasteiger partial charge < -0.3 is 15.3 Å². The van der Waals surface area contributed by atoms with Crippen LogP contribution in [0.3, 0.4) is 0 Å². The van der Waals surface area contributed by atoms with Gasteiger partial charge in [-0.2, -0.15) is 13.2 Å². The second-order valence-electron chi connectivity index (χ2n) is 8.00. The third kappa shape index (κ3) is 5.03. The number of rotatable bonds is 3. The number of carboxylic acid groups (broad SMARTS) is 1. The first-order valence-electron chi connectivity index (χ1n) is 10.5. The Morgan fingerprint density at radius 3 is 2.24 bits per heavy atom. The third-order valence-electron chi connectivity index (χ3n) is 5.93. The Labute approximate surface area is 192 Å². The molecule has 10 nitrogen and oxygen atoms in total. The number of anilines is 1. The summed E-state index contributed by atoms with van der Waals surface area (Å²) in [6.07, 6.45) is -2.88. The normalized spacial score (nSPS) is 21.1. The minimum Gasteiger partial charge on any atom is -0.475 e. The highest BCUT2D eigenvalue weighted by Gasteiger charge is 2.46. The number of hydrogen-bond acceptors (Lipinski definition) is 7. The summed E-state index contributed by atoms with van der Waals surface area (Å²) in [6, 6.07) is 4.79. The molecule has 3 aliphatic heterocycles. The average Bonchev–Trinajstić information content (AvgIpc) is 3.04. The Morgan fingerprint density at radius 2 is 1.71 bits per heavy atom. The molecule has 2 saturated heterocycles. The lowest BCUT2D eigenvalue weighted by Gasteiger charge is -2.34. The van der Waals surface area contributed by atoms with Gasteiger partial charge >= 0.3 is 12.1 Å². The summed E-state index contributed by atoms with van der Waals surface area (Å²) in [6.45, 7) is 1.59. The van der Waals surface area contributed by atoms with Gasteiger partial charge in [0.25, 0.3) is 11.8 Å². The van der Waals surface area contributed by atoms with Crippen LogP contribution in [0.5, 0.6) is 0 Å². The first-order chi connectivity index (χ1) is 16.0. The van der Waals surface area contributed by atoms with Crippen molar-refractivity contribution in [1.29, 1.82) is 0 Å². The summed E-state index contributed by atoms with van der Waals surface area (Å²) < 4.78 is 31.7. The van der Waals surface area contributed by atoms with E-state index in [9.17, 15) is 32.3 Å². The molecule has 0 bridgehead atoms. The smallest absolute Gasteiger partial charge is 0.475 e. The van der Waals surface area contributed by atoms with Crippen LogP contribution in [0.2, 0.25) is 0 Å². The first-order valence-corrected chi connectivity index (χ1v) is 10.5. The van der Waals surface area contributed by atoms with Gasteiger partial charge in [-0.15, -0.1) is 0 Å². The number of halogens is 3. The fourth-order valence-corrected chi connectivity index (χ4v) is 4.17. The number of benzene rings is 1. The third-order valence-corrected chi connectivity index (χ3v) is 5.93. The predicted molar refractivity (Wildman–Crippen MR) is 111 cm³/mol. The second kappa shape index (κ2) is 9.79. The van der Waals surface area contributed by atoms with E-state index in [0.717, 1.165) is 36.5 Å². The van der Waals surface area contributed by atoms with Crippen LogP contribution >= 0.6 is 0 Å². The number of carbonyl (C=O) groups excluding carboxylic acids is 4. The van der Waals surface area contributed by atoms with Gasteiger partial charge in [0.2, 0.25) is 11.8 Å². The first kappa shape index (κ1) is 25.1. The fraction of sp³-hybridized carbons (Fsp3) is 0.476. The molecule has 3 aliphatic rings. The number of aliphatic carboxylic acids is 1. The molecule has 4 amide bonds. The van der Waals surface area contributed by atoms with Crippen molar-refractivity contribution in [3.8, 4) is 0 Å². The maximum Gasteiger partial charge on any atom is 0.490 e. The Hall–Kier alpha value is -3.48. The predicted octanol–water partition coefficient (Wildman–Crippen LogP) is 0.909. The molecule has 13 heteroatoms. The molecule has 3 N–H and O–H groups in total. The average molecular weight is 484 g/mol. The van der Waals surface area contributed by atoms with Gasteiger partial charge in [0.15, 0.2) is 0 Å². The van der Waals surface area contributed by atoms with Crippen molar-refractivity contribution in [2.24, 2.45) is 0 Å². The highest BCUT2D eigenvalue weighted by molar-refractivity contribution is 6.25. The van der Waals surface area contributed by atoms with E-state index in [1.165, 1.54) is 0 Å². The Kier molecular flexibility index (Phi) is 7.24. The Bertz CT molecular complexity index is 1020. The van der Waals surface area contributed by atoms with E-state index in [0.29, 0.717) is 17.2 Å². The summed E-state index contributed by atoms with van der Waals surface area (Å²) in [4.78, 5) is 61.6. The monoisotopic (exact) mass is 484 g/mol. The van der Waals surface area contributed by atoms with Crippen LogP contribution in [-0.4, -0.2) is 78.0 Å². The number of nitrogens with one attached hydrogen (secondary N) is 2. The van der Waals surface area contributed by atoms with Crippen LogP contribution < -0.4 is 15.5 Å². The number of amides is 4. The molecule has 1 unspecified atom stereocenters. The van der Waals surface area contributed by atoms with Gasteiger partial charge in [-0.3, -0.25) is 29.4 Å². The lowest BCUT2D eigenvalue weighted by Crippen LogP contribution is -2.54. The number of fused-ring (bicyclic) bond motifs is 1. The van der Waals surface area contributed by atoms with Crippen LogP contribution in [0.1, 0.15) is 46.4 Å². The molecule has 34 heavy (non-hydrogen) atoms. The number of alkyl halides is 3. The minimum atomic E-state index is -5.08. The Morgan fingerprint density at radius 1 is 1.09 bits per heavy atom. The van der Waals surface area contributed by atoms with Gasteiger partial charge in [0.05, 0.1) is 16.8 Å². The molecule has 0 aliphatic carbocycles. The number of nitrogens with zero attached hydrogens (tertiary/aromatic N) is 2.